The number of nitrogens with two attached hydrogens (primary N) is 1. The fourth-order valence-corrected chi connectivity index (χ4v) is 1.12. The molecule has 0 aliphatic heterocycles. The third kappa shape index (κ3) is 13.2. The molecule has 94 valence electrons. The smallest absolute Gasteiger partial charge is 0.0138 e. The van der Waals surface area contributed by atoms with Gasteiger partial charge in [0.15, 0.2) is 0 Å². The van der Waals surface area contributed by atoms with Crippen LogP contribution in [-0.2, 0) is 6.42 Å². The largest absolute Gasteiger partial charge is 0.325 e. The highest BCUT2D eigenvalue weighted by molar-refractivity contribution is 5.16. The van der Waals surface area contributed by atoms with Crippen molar-refractivity contribution in [3.05, 3.63) is 35.9 Å². The summed E-state index contributed by atoms with van der Waals surface area (Å²) in [6, 6.07) is 10.3. The maximum absolute atomic E-state index is 5.87. The van der Waals surface area contributed by atoms with Gasteiger partial charge in [-0.3, -0.25) is 0 Å². The van der Waals surface area contributed by atoms with Crippen molar-refractivity contribution in [3.8, 4) is 0 Å². The lowest BCUT2D eigenvalue weighted by Gasteiger charge is -2.17. The van der Waals surface area contributed by atoms with E-state index in [9.17, 15) is 0 Å². The van der Waals surface area contributed by atoms with Crippen LogP contribution in [0.25, 0.3) is 0 Å². The first kappa shape index (κ1) is 17.6. The van der Waals surface area contributed by atoms with Crippen molar-refractivity contribution in [1.82, 2.24) is 0 Å². The van der Waals surface area contributed by atoms with Crippen molar-refractivity contribution in [2.45, 2.75) is 59.9 Å². The van der Waals surface area contributed by atoms with Gasteiger partial charge in [-0.1, -0.05) is 64.4 Å². The molecule has 2 N–H and O–H groups in total. The summed E-state index contributed by atoms with van der Waals surface area (Å²) in [5, 5.41) is 0. The van der Waals surface area contributed by atoms with E-state index in [-0.39, 0.29) is 5.54 Å². The van der Waals surface area contributed by atoms with Crippen LogP contribution >= 0.6 is 0 Å². The molecule has 0 amide bonds. The van der Waals surface area contributed by atoms with Gasteiger partial charge in [0.2, 0.25) is 0 Å². The molecule has 0 atom stereocenters. The monoisotopic (exact) mass is 223 g/mol. The van der Waals surface area contributed by atoms with Crippen LogP contribution in [0.3, 0.4) is 0 Å². The molecule has 1 aromatic carbocycles. The zero-order valence-electron chi connectivity index (χ0n) is 11.9. The molecule has 0 aromatic heterocycles. The van der Waals surface area contributed by atoms with Crippen molar-refractivity contribution in [2.75, 3.05) is 0 Å². The minimum absolute atomic E-state index is 0.0959. The molecular formula is C15H29N. The normalized spacial score (nSPS) is 9.44. The maximum Gasteiger partial charge on any atom is 0.0138 e. The van der Waals surface area contributed by atoms with Crippen molar-refractivity contribution in [3.63, 3.8) is 0 Å². The minimum Gasteiger partial charge on any atom is -0.325 e. The Kier molecular flexibility index (Phi) is 11.7. The second-order valence-corrected chi connectivity index (χ2v) is 4.36. The summed E-state index contributed by atoms with van der Waals surface area (Å²) in [7, 11) is 0. The summed E-state index contributed by atoms with van der Waals surface area (Å²) in [6.45, 7) is 12.3. The van der Waals surface area contributed by atoms with Crippen molar-refractivity contribution < 1.29 is 0 Å². The first-order valence-electron chi connectivity index (χ1n) is 6.32. The zero-order chi connectivity index (χ0) is 13.0. The molecule has 0 spiro atoms. The van der Waals surface area contributed by atoms with E-state index in [1.807, 2.05) is 45.9 Å². The SMILES string of the molecule is CC.CC(C)(N)Cc1ccccc1.CCC. The molecule has 1 rings (SSSR count). The molecule has 0 aliphatic rings. The lowest BCUT2D eigenvalue weighted by Crippen LogP contribution is -2.34. The minimum atomic E-state index is -0.0959. The molecule has 0 heterocycles. The third-order valence-corrected chi connectivity index (χ3v) is 1.50. The molecule has 0 saturated carbocycles. The van der Waals surface area contributed by atoms with E-state index in [2.05, 4.69) is 26.0 Å². The second-order valence-electron chi connectivity index (χ2n) is 4.36. The van der Waals surface area contributed by atoms with E-state index in [1.165, 1.54) is 12.0 Å². The van der Waals surface area contributed by atoms with Crippen LogP contribution in [0.1, 0.15) is 53.5 Å². The van der Waals surface area contributed by atoms with Crippen molar-refractivity contribution >= 4 is 0 Å². The van der Waals surface area contributed by atoms with E-state index < -0.39 is 0 Å². The van der Waals surface area contributed by atoms with Crippen LogP contribution < -0.4 is 5.73 Å². The van der Waals surface area contributed by atoms with Gasteiger partial charge in [0.1, 0.15) is 0 Å². The summed E-state index contributed by atoms with van der Waals surface area (Å²) < 4.78 is 0. The van der Waals surface area contributed by atoms with E-state index in [1.54, 1.807) is 0 Å². The summed E-state index contributed by atoms with van der Waals surface area (Å²) >= 11 is 0. The second kappa shape index (κ2) is 10.7. The van der Waals surface area contributed by atoms with Gasteiger partial charge in [-0.25, -0.2) is 0 Å². The average molecular weight is 223 g/mol. The van der Waals surface area contributed by atoms with Gasteiger partial charge < -0.3 is 5.73 Å². The van der Waals surface area contributed by atoms with Gasteiger partial charge in [0, 0.05) is 5.54 Å². The predicted molar refractivity (Wildman–Crippen MR) is 75.7 cm³/mol. The molecular weight excluding hydrogens is 194 g/mol. The zero-order valence-corrected chi connectivity index (χ0v) is 11.9. The summed E-state index contributed by atoms with van der Waals surface area (Å²) in [5.41, 5.74) is 7.08. The van der Waals surface area contributed by atoms with Crippen LogP contribution in [0.5, 0.6) is 0 Å². The Bertz CT molecular complexity index is 221. The van der Waals surface area contributed by atoms with Crippen LogP contribution in [0.4, 0.5) is 0 Å². The van der Waals surface area contributed by atoms with Gasteiger partial charge >= 0.3 is 0 Å². The van der Waals surface area contributed by atoms with E-state index >= 15 is 0 Å². The van der Waals surface area contributed by atoms with Crippen LogP contribution in [0.2, 0.25) is 0 Å². The Hall–Kier alpha value is -0.820. The molecule has 1 heteroatoms. The van der Waals surface area contributed by atoms with E-state index in [0.717, 1.165) is 6.42 Å². The lowest BCUT2D eigenvalue weighted by molar-refractivity contribution is 0.517. The number of rotatable bonds is 2. The van der Waals surface area contributed by atoms with E-state index in [0.29, 0.717) is 0 Å². The van der Waals surface area contributed by atoms with Gasteiger partial charge in [-0.05, 0) is 25.8 Å². The third-order valence-electron chi connectivity index (χ3n) is 1.50. The fourth-order valence-electron chi connectivity index (χ4n) is 1.12. The summed E-state index contributed by atoms with van der Waals surface area (Å²) in [6.07, 6.45) is 2.19. The van der Waals surface area contributed by atoms with Crippen LogP contribution in [0.15, 0.2) is 30.3 Å². The Morgan fingerprint density at radius 1 is 1.00 bits per heavy atom. The quantitative estimate of drug-likeness (QED) is 0.789. The molecule has 0 bridgehead atoms. The van der Waals surface area contributed by atoms with Gasteiger partial charge in [-0.15, -0.1) is 0 Å². The first-order valence-corrected chi connectivity index (χ1v) is 6.32. The van der Waals surface area contributed by atoms with Crippen LogP contribution in [0, 0.1) is 0 Å². The lowest BCUT2D eigenvalue weighted by atomic mass is 9.96. The molecule has 16 heavy (non-hydrogen) atoms. The molecule has 0 unspecified atom stereocenters. The first-order chi connectivity index (χ1) is 7.49. The number of hydrogen-bond donors (Lipinski definition) is 1. The number of hydrogen-bond acceptors (Lipinski definition) is 1. The Morgan fingerprint density at radius 3 is 1.69 bits per heavy atom. The van der Waals surface area contributed by atoms with Gasteiger partial charge in [-0.2, -0.15) is 0 Å². The van der Waals surface area contributed by atoms with Gasteiger partial charge in [0.25, 0.3) is 0 Å². The highest BCUT2D eigenvalue weighted by Gasteiger charge is 2.10. The van der Waals surface area contributed by atoms with Crippen LogP contribution in [-0.4, -0.2) is 5.54 Å². The van der Waals surface area contributed by atoms with Crippen molar-refractivity contribution in [2.24, 2.45) is 5.73 Å². The molecule has 0 radical (unpaired) electrons. The topological polar surface area (TPSA) is 26.0 Å². The molecule has 0 fully saturated rings. The molecule has 0 aliphatic carbocycles. The maximum atomic E-state index is 5.87. The Labute approximate surface area is 102 Å². The average Bonchev–Trinajstić information content (AvgIpc) is 2.21. The molecule has 0 saturated heterocycles. The highest BCUT2D eigenvalue weighted by atomic mass is 14.7. The number of benzene rings is 1. The highest BCUT2D eigenvalue weighted by Crippen LogP contribution is 2.08. The fraction of sp³-hybridized carbons (Fsp3) is 0.600. The Balaban J connectivity index is 0. The predicted octanol–water partition coefficient (Wildman–Crippen LogP) is 4.41. The molecule has 1 aromatic rings. The van der Waals surface area contributed by atoms with Crippen molar-refractivity contribution in [1.29, 1.82) is 0 Å². The van der Waals surface area contributed by atoms with E-state index in [4.69, 9.17) is 5.73 Å². The summed E-state index contributed by atoms with van der Waals surface area (Å²) in [4.78, 5) is 0. The summed E-state index contributed by atoms with van der Waals surface area (Å²) in [5.74, 6) is 0. The molecule has 1 nitrogen and oxygen atoms in total. The standard InChI is InChI=1S/C10H15N.C3H8.C2H6/c1-10(2,11)8-9-6-4-3-5-7-9;1-3-2;1-2/h3-7H,8,11H2,1-2H3;3H2,1-2H3;1-2H3. The van der Waals surface area contributed by atoms with Gasteiger partial charge in [0.05, 0.1) is 0 Å². The Morgan fingerprint density at radius 2 is 1.38 bits per heavy atom.